The number of amides is 1. The van der Waals surface area contributed by atoms with E-state index >= 15 is 0 Å². The van der Waals surface area contributed by atoms with Crippen LogP contribution in [0.2, 0.25) is 0 Å². The predicted octanol–water partition coefficient (Wildman–Crippen LogP) is 3.12. The maximum Gasteiger partial charge on any atom is 0.352 e. The van der Waals surface area contributed by atoms with Crippen LogP contribution in [0.3, 0.4) is 0 Å². The number of methoxy groups -OCH3 is 1. The van der Waals surface area contributed by atoms with E-state index in [9.17, 15) is 14.4 Å². The van der Waals surface area contributed by atoms with Gasteiger partial charge in [0.05, 0.1) is 7.11 Å². The number of unbranched alkanes of at least 4 members (excludes halogenated alkanes) is 1. The fourth-order valence-electron chi connectivity index (χ4n) is 2.43. The van der Waals surface area contributed by atoms with Crippen LogP contribution in [0.15, 0.2) is 64.5 Å². The highest BCUT2D eigenvalue weighted by molar-refractivity contribution is 6.37. The molecule has 0 aliphatic carbocycles. The number of benzene rings is 1. The number of carbonyl (C=O) groups is 2. The van der Waals surface area contributed by atoms with Gasteiger partial charge in [-0.25, -0.2) is 9.79 Å². The number of pyridine rings is 1. The Hall–Kier alpha value is -3.28. The van der Waals surface area contributed by atoms with E-state index in [-0.39, 0.29) is 11.3 Å². The summed E-state index contributed by atoms with van der Waals surface area (Å²) in [6.45, 7) is 2.09. The van der Waals surface area contributed by atoms with Gasteiger partial charge in [0.2, 0.25) is 5.56 Å². The number of hydrogen-bond acceptors (Lipinski definition) is 4. The van der Waals surface area contributed by atoms with Crippen LogP contribution >= 0.6 is 0 Å². The second-order valence-corrected chi connectivity index (χ2v) is 5.90. The molecule has 1 aromatic heterocycles. The standard InChI is InChI=1S/C21H22N2O4/c1-16(21(26)27-2)22-20(25)18-11-8-10-17(15-18)9-4-3-6-13-23-14-7-5-12-19(23)24/h4-5,7-12,14-15H,3,6,13H2,1-2H3/b9-4-,22-16?. The highest BCUT2D eigenvalue weighted by Crippen LogP contribution is 2.10. The third-order valence-corrected chi connectivity index (χ3v) is 3.86. The molecular weight excluding hydrogens is 344 g/mol. The molecule has 0 atom stereocenters. The number of nitrogens with zero attached hydrogens (tertiary/aromatic N) is 2. The third kappa shape index (κ3) is 6.18. The average molecular weight is 366 g/mol. The Balaban J connectivity index is 1.94. The van der Waals surface area contributed by atoms with E-state index in [0.717, 1.165) is 18.4 Å². The minimum Gasteiger partial charge on any atom is -0.465 e. The topological polar surface area (TPSA) is 77.7 Å². The number of ether oxygens (including phenoxy) is 1. The lowest BCUT2D eigenvalue weighted by atomic mass is 10.1. The molecule has 0 unspecified atom stereocenters. The van der Waals surface area contributed by atoms with Crippen molar-refractivity contribution >= 4 is 23.7 Å². The second-order valence-electron chi connectivity index (χ2n) is 5.90. The van der Waals surface area contributed by atoms with Gasteiger partial charge in [-0.1, -0.05) is 30.4 Å². The van der Waals surface area contributed by atoms with Crippen LogP contribution in [0.5, 0.6) is 0 Å². The van der Waals surface area contributed by atoms with Crippen LogP contribution < -0.4 is 5.56 Å². The van der Waals surface area contributed by atoms with Gasteiger partial charge in [-0.3, -0.25) is 9.59 Å². The zero-order valence-electron chi connectivity index (χ0n) is 15.4. The molecule has 0 aliphatic rings. The van der Waals surface area contributed by atoms with Gasteiger partial charge in [0, 0.05) is 24.4 Å². The van der Waals surface area contributed by atoms with E-state index in [4.69, 9.17) is 0 Å². The zero-order chi connectivity index (χ0) is 19.6. The first-order chi connectivity index (χ1) is 13.0. The molecule has 27 heavy (non-hydrogen) atoms. The molecule has 2 rings (SSSR count). The van der Waals surface area contributed by atoms with E-state index in [1.54, 1.807) is 41.1 Å². The first kappa shape index (κ1) is 20.0. The number of aliphatic imine (C=N–C) groups is 1. The lowest BCUT2D eigenvalue weighted by molar-refractivity contribution is -0.132. The van der Waals surface area contributed by atoms with Gasteiger partial charge in [0.15, 0.2) is 0 Å². The van der Waals surface area contributed by atoms with Gasteiger partial charge in [0.1, 0.15) is 5.71 Å². The van der Waals surface area contributed by atoms with E-state index in [1.807, 2.05) is 24.3 Å². The van der Waals surface area contributed by atoms with Crippen LogP contribution in [0.4, 0.5) is 0 Å². The maximum atomic E-state index is 12.1. The highest BCUT2D eigenvalue weighted by Gasteiger charge is 2.10. The second kappa shape index (κ2) is 10.0. The number of esters is 1. The van der Waals surface area contributed by atoms with Crippen LogP contribution in [0.1, 0.15) is 35.7 Å². The smallest absolute Gasteiger partial charge is 0.352 e. The number of rotatable bonds is 7. The molecule has 6 heteroatoms. The minimum atomic E-state index is -0.628. The largest absolute Gasteiger partial charge is 0.465 e. The van der Waals surface area contributed by atoms with Gasteiger partial charge in [-0.2, -0.15) is 0 Å². The highest BCUT2D eigenvalue weighted by atomic mass is 16.5. The summed E-state index contributed by atoms with van der Waals surface area (Å²) in [4.78, 5) is 38.8. The SMILES string of the molecule is COC(=O)C(C)=NC(=O)c1cccc(/C=C\CCCn2ccccc2=O)c1. The fourth-order valence-corrected chi connectivity index (χ4v) is 2.43. The number of aromatic nitrogens is 1. The minimum absolute atomic E-state index is 0.00417. The molecule has 0 fully saturated rings. The van der Waals surface area contributed by atoms with Crippen molar-refractivity contribution in [2.24, 2.45) is 4.99 Å². The lowest BCUT2D eigenvalue weighted by Gasteiger charge is -2.03. The third-order valence-electron chi connectivity index (χ3n) is 3.86. The zero-order valence-corrected chi connectivity index (χ0v) is 15.4. The van der Waals surface area contributed by atoms with Crippen LogP contribution in [-0.2, 0) is 16.1 Å². The van der Waals surface area contributed by atoms with Gasteiger partial charge in [-0.15, -0.1) is 0 Å². The van der Waals surface area contributed by atoms with Crippen LogP contribution in [0, 0.1) is 0 Å². The Labute approximate surface area is 157 Å². The molecule has 0 bridgehead atoms. The van der Waals surface area contributed by atoms with Crippen molar-refractivity contribution in [3.63, 3.8) is 0 Å². The van der Waals surface area contributed by atoms with Crippen LogP contribution in [-0.4, -0.2) is 29.3 Å². The fraction of sp³-hybridized carbons (Fsp3) is 0.238. The van der Waals surface area contributed by atoms with Crippen molar-refractivity contribution in [2.75, 3.05) is 7.11 Å². The molecule has 0 saturated heterocycles. The molecular formula is C21H22N2O4. The van der Waals surface area contributed by atoms with E-state index in [1.165, 1.54) is 14.0 Å². The summed E-state index contributed by atoms with van der Waals surface area (Å²) >= 11 is 0. The number of carbonyl (C=O) groups excluding carboxylic acids is 2. The maximum absolute atomic E-state index is 12.1. The number of aryl methyl sites for hydroxylation is 1. The van der Waals surface area contributed by atoms with Gasteiger partial charge >= 0.3 is 5.97 Å². The summed E-state index contributed by atoms with van der Waals surface area (Å²) in [5, 5.41) is 0. The van der Waals surface area contributed by atoms with E-state index in [2.05, 4.69) is 9.73 Å². The van der Waals surface area contributed by atoms with E-state index in [0.29, 0.717) is 12.1 Å². The van der Waals surface area contributed by atoms with Crippen molar-refractivity contribution < 1.29 is 14.3 Å². The van der Waals surface area contributed by atoms with E-state index < -0.39 is 11.9 Å². The first-order valence-electron chi connectivity index (χ1n) is 8.61. The molecule has 2 aromatic rings. The van der Waals surface area contributed by atoms with Crippen molar-refractivity contribution in [3.05, 3.63) is 76.2 Å². The van der Waals surface area contributed by atoms with Gasteiger partial charge in [0.25, 0.3) is 5.91 Å². The summed E-state index contributed by atoms with van der Waals surface area (Å²) in [6, 6.07) is 12.1. The quantitative estimate of drug-likeness (QED) is 0.428. The normalized spacial score (nSPS) is 11.6. The summed E-state index contributed by atoms with van der Waals surface area (Å²) in [5.74, 6) is -1.12. The average Bonchev–Trinajstić information content (AvgIpc) is 2.68. The summed E-state index contributed by atoms with van der Waals surface area (Å²) in [7, 11) is 1.24. The Morgan fingerprint density at radius 3 is 2.74 bits per heavy atom. The molecule has 1 heterocycles. The van der Waals surface area contributed by atoms with Crippen molar-refractivity contribution in [1.82, 2.24) is 4.57 Å². The summed E-state index contributed by atoms with van der Waals surface area (Å²) in [5.41, 5.74) is 1.27. The lowest BCUT2D eigenvalue weighted by Crippen LogP contribution is -2.17. The molecule has 0 saturated carbocycles. The molecule has 6 nitrogen and oxygen atoms in total. The molecule has 1 amide bonds. The molecule has 140 valence electrons. The van der Waals surface area contributed by atoms with Crippen molar-refractivity contribution in [1.29, 1.82) is 0 Å². The molecule has 1 aromatic carbocycles. The Kier molecular flexibility index (Phi) is 7.43. The number of hydrogen-bond donors (Lipinski definition) is 0. The molecule has 0 N–H and O–H groups in total. The Morgan fingerprint density at radius 2 is 2.00 bits per heavy atom. The van der Waals surface area contributed by atoms with Crippen molar-refractivity contribution in [3.8, 4) is 0 Å². The summed E-state index contributed by atoms with van der Waals surface area (Å²) in [6.07, 6.45) is 7.33. The predicted molar refractivity (Wildman–Crippen MR) is 105 cm³/mol. The monoisotopic (exact) mass is 366 g/mol. The first-order valence-corrected chi connectivity index (χ1v) is 8.61. The van der Waals surface area contributed by atoms with Crippen molar-refractivity contribution in [2.45, 2.75) is 26.3 Å². The van der Waals surface area contributed by atoms with Gasteiger partial charge < -0.3 is 9.30 Å². The Bertz CT molecular complexity index is 926. The Morgan fingerprint density at radius 1 is 1.19 bits per heavy atom. The van der Waals surface area contributed by atoms with Gasteiger partial charge in [-0.05, 0) is 43.5 Å². The van der Waals surface area contributed by atoms with Crippen LogP contribution in [0.25, 0.3) is 6.08 Å². The molecule has 0 spiro atoms. The number of allylic oxidation sites excluding steroid dienone is 1. The molecule has 0 aliphatic heterocycles. The summed E-state index contributed by atoms with van der Waals surface area (Å²) < 4.78 is 6.21. The molecule has 0 radical (unpaired) electrons.